The van der Waals surface area contributed by atoms with E-state index in [1.165, 1.54) is 4.88 Å². The molecule has 1 aromatic heterocycles. The molecule has 1 rings (SSSR count). The maximum atomic E-state index is 4.69. The number of thioether (sulfide) groups is 1. The smallest absolute Gasteiger partial charge is 0.185 e. The molecule has 0 saturated carbocycles. The lowest BCUT2D eigenvalue weighted by Crippen LogP contribution is -2.30. The number of nitrogens with zero attached hydrogens (tertiary/aromatic N) is 2. The zero-order chi connectivity index (χ0) is 13.7. The van der Waals surface area contributed by atoms with E-state index < -0.39 is 0 Å². The molecule has 1 heterocycles. The van der Waals surface area contributed by atoms with Gasteiger partial charge >= 0.3 is 0 Å². The maximum Gasteiger partial charge on any atom is 0.185 e. The average Bonchev–Trinajstić information content (AvgIpc) is 2.67. The van der Waals surface area contributed by atoms with Gasteiger partial charge in [-0.1, -0.05) is 13.8 Å². The van der Waals surface area contributed by atoms with Crippen LogP contribution in [0.25, 0.3) is 0 Å². The van der Waals surface area contributed by atoms with Crippen molar-refractivity contribution in [3.8, 4) is 0 Å². The van der Waals surface area contributed by atoms with Gasteiger partial charge in [-0.3, -0.25) is 0 Å². The molecular weight excluding hydrogens is 262 g/mol. The number of aryl methyl sites for hydroxylation is 1. The first-order chi connectivity index (χ1) is 8.45. The Balaban J connectivity index is 2.70. The number of aromatic nitrogens is 1. The summed E-state index contributed by atoms with van der Waals surface area (Å²) in [5.74, 6) is 1.13. The zero-order valence-corrected chi connectivity index (χ0v) is 13.9. The van der Waals surface area contributed by atoms with E-state index in [1.54, 1.807) is 11.3 Å². The van der Waals surface area contributed by atoms with Crippen molar-refractivity contribution in [2.75, 3.05) is 24.0 Å². The molecule has 1 aromatic rings. The van der Waals surface area contributed by atoms with Crippen molar-refractivity contribution in [3.05, 3.63) is 10.6 Å². The molecule has 0 aliphatic heterocycles. The number of hydrogen-bond donors (Lipinski definition) is 1. The van der Waals surface area contributed by atoms with Crippen molar-refractivity contribution in [3.63, 3.8) is 0 Å². The van der Waals surface area contributed by atoms with Gasteiger partial charge in [0.15, 0.2) is 5.13 Å². The molecule has 0 aromatic carbocycles. The van der Waals surface area contributed by atoms with Gasteiger partial charge in [-0.2, -0.15) is 11.8 Å². The third-order valence-electron chi connectivity index (χ3n) is 2.92. The van der Waals surface area contributed by atoms with Gasteiger partial charge in [0.1, 0.15) is 0 Å². The van der Waals surface area contributed by atoms with Crippen LogP contribution in [0.3, 0.4) is 0 Å². The first kappa shape index (κ1) is 15.8. The predicted octanol–water partition coefficient (Wildman–Crippen LogP) is 3.14. The molecule has 3 nitrogen and oxygen atoms in total. The van der Waals surface area contributed by atoms with Gasteiger partial charge in [0.2, 0.25) is 0 Å². The second kappa shape index (κ2) is 7.36. The molecule has 104 valence electrons. The predicted molar refractivity (Wildman–Crippen MR) is 85.1 cm³/mol. The van der Waals surface area contributed by atoms with Crippen LogP contribution in [-0.2, 0) is 6.54 Å². The molecule has 5 heteroatoms. The quantitative estimate of drug-likeness (QED) is 0.834. The van der Waals surface area contributed by atoms with E-state index >= 15 is 0 Å². The van der Waals surface area contributed by atoms with E-state index in [0.29, 0.717) is 12.1 Å². The number of rotatable bonds is 7. The number of thiazole rings is 1. The molecule has 1 unspecified atom stereocenters. The lowest BCUT2D eigenvalue weighted by molar-refractivity contribution is 0.591. The van der Waals surface area contributed by atoms with Gasteiger partial charge in [-0.05, 0) is 20.1 Å². The summed E-state index contributed by atoms with van der Waals surface area (Å²) in [4.78, 5) is 8.32. The summed E-state index contributed by atoms with van der Waals surface area (Å²) in [5.41, 5.74) is 1.16. The number of hydrogen-bond acceptors (Lipinski definition) is 5. The molecule has 1 atom stereocenters. The largest absolute Gasteiger partial charge is 0.348 e. The van der Waals surface area contributed by atoms with Crippen molar-refractivity contribution in [2.45, 2.75) is 46.3 Å². The molecule has 0 fully saturated rings. The molecule has 1 N–H and O–H groups in total. The summed E-state index contributed by atoms with van der Waals surface area (Å²) < 4.78 is 0. The molecule has 0 amide bonds. The van der Waals surface area contributed by atoms with Gasteiger partial charge < -0.3 is 10.2 Å². The van der Waals surface area contributed by atoms with Gasteiger partial charge in [0.25, 0.3) is 0 Å². The fraction of sp³-hybridized carbons (Fsp3) is 0.769. The molecule has 0 saturated heterocycles. The average molecular weight is 287 g/mol. The minimum Gasteiger partial charge on any atom is -0.348 e. The SMILES string of the molecule is CSCC(C)N(C)c1nc(C)c(CNC(C)C)s1. The summed E-state index contributed by atoms with van der Waals surface area (Å²) >= 11 is 3.69. The van der Waals surface area contributed by atoms with Crippen molar-refractivity contribution in [2.24, 2.45) is 0 Å². The van der Waals surface area contributed by atoms with Crippen LogP contribution in [0.1, 0.15) is 31.3 Å². The van der Waals surface area contributed by atoms with Gasteiger partial charge in [-0.15, -0.1) is 11.3 Å². The van der Waals surface area contributed by atoms with Gasteiger partial charge in [-0.25, -0.2) is 4.98 Å². The summed E-state index contributed by atoms with van der Waals surface area (Å²) in [6, 6.07) is 1.04. The van der Waals surface area contributed by atoms with Crippen molar-refractivity contribution in [1.29, 1.82) is 0 Å². The second-order valence-corrected chi connectivity index (χ2v) is 6.93. The number of nitrogens with one attached hydrogen (secondary N) is 1. The van der Waals surface area contributed by atoms with Crippen LogP contribution in [-0.4, -0.2) is 36.1 Å². The lowest BCUT2D eigenvalue weighted by Gasteiger charge is -2.23. The van der Waals surface area contributed by atoms with Crippen LogP contribution >= 0.6 is 23.1 Å². The first-order valence-electron chi connectivity index (χ1n) is 6.37. The monoisotopic (exact) mass is 287 g/mol. The maximum absolute atomic E-state index is 4.69. The molecule has 0 aliphatic carbocycles. The van der Waals surface area contributed by atoms with Crippen LogP contribution < -0.4 is 10.2 Å². The van der Waals surface area contributed by atoms with Crippen LogP contribution in [0.15, 0.2) is 0 Å². The van der Waals surface area contributed by atoms with E-state index in [9.17, 15) is 0 Å². The standard InChI is InChI=1S/C13H25N3S2/c1-9(2)14-7-12-11(4)15-13(18-12)16(5)10(3)8-17-6/h9-10,14H,7-8H2,1-6H3. The Morgan fingerprint density at radius 2 is 2.06 bits per heavy atom. The van der Waals surface area contributed by atoms with Crippen molar-refractivity contribution < 1.29 is 0 Å². The van der Waals surface area contributed by atoms with Crippen LogP contribution in [0.5, 0.6) is 0 Å². The van der Waals surface area contributed by atoms with Gasteiger partial charge in [0.05, 0.1) is 5.69 Å². The third-order valence-corrected chi connectivity index (χ3v) is 4.99. The minimum atomic E-state index is 0.517. The molecule has 18 heavy (non-hydrogen) atoms. The molecule has 0 spiro atoms. The van der Waals surface area contributed by atoms with Gasteiger partial charge in [0, 0.05) is 36.3 Å². The lowest BCUT2D eigenvalue weighted by atomic mass is 10.3. The topological polar surface area (TPSA) is 28.2 Å². The summed E-state index contributed by atoms with van der Waals surface area (Å²) in [6.07, 6.45) is 2.15. The molecule has 0 bridgehead atoms. The highest BCUT2D eigenvalue weighted by molar-refractivity contribution is 7.98. The number of anilines is 1. The van der Waals surface area contributed by atoms with Crippen LogP contribution in [0, 0.1) is 6.92 Å². The molecule has 0 radical (unpaired) electrons. The Morgan fingerprint density at radius 3 is 2.61 bits per heavy atom. The molecule has 0 aliphatic rings. The fourth-order valence-electron chi connectivity index (χ4n) is 1.57. The highest BCUT2D eigenvalue weighted by Crippen LogP contribution is 2.27. The third kappa shape index (κ3) is 4.44. The highest BCUT2D eigenvalue weighted by Gasteiger charge is 2.15. The van der Waals surface area contributed by atoms with E-state index in [4.69, 9.17) is 0 Å². The Labute approximate surface area is 119 Å². The van der Waals surface area contributed by atoms with E-state index in [-0.39, 0.29) is 0 Å². The Hall–Kier alpha value is -0.260. The first-order valence-corrected chi connectivity index (χ1v) is 8.58. The zero-order valence-electron chi connectivity index (χ0n) is 12.3. The Morgan fingerprint density at radius 1 is 1.39 bits per heavy atom. The van der Waals surface area contributed by atoms with Crippen molar-refractivity contribution >= 4 is 28.2 Å². The minimum absolute atomic E-state index is 0.517. The molecular formula is C13H25N3S2. The fourth-order valence-corrected chi connectivity index (χ4v) is 3.35. The summed E-state index contributed by atoms with van der Waals surface area (Å²) in [7, 11) is 2.14. The van der Waals surface area contributed by atoms with E-state index in [1.807, 2.05) is 11.8 Å². The second-order valence-electron chi connectivity index (χ2n) is 4.96. The van der Waals surface area contributed by atoms with Crippen LogP contribution in [0.4, 0.5) is 5.13 Å². The normalized spacial score (nSPS) is 13.1. The highest BCUT2D eigenvalue weighted by atomic mass is 32.2. The van der Waals surface area contributed by atoms with E-state index in [0.717, 1.165) is 23.1 Å². The van der Waals surface area contributed by atoms with Crippen LogP contribution in [0.2, 0.25) is 0 Å². The Bertz CT molecular complexity index is 363. The summed E-state index contributed by atoms with van der Waals surface area (Å²) in [5, 5.41) is 4.59. The van der Waals surface area contributed by atoms with E-state index in [2.05, 4.69) is 56.2 Å². The Kier molecular flexibility index (Phi) is 6.46. The summed E-state index contributed by atoms with van der Waals surface area (Å²) in [6.45, 7) is 9.61. The van der Waals surface area contributed by atoms with Crippen molar-refractivity contribution in [1.82, 2.24) is 10.3 Å².